The van der Waals surface area contributed by atoms with Gasteiger partial charge in [-0.25, -0.2) is 4.79 Å². The van der Waals surface area contributed by atoms with Crippen molar-refractivity contribution in [3.63, 3.8) is 0 Å². The Morgan fingerprint density at radius 3 is 2.54 bits per heavy atom. The van der Waals surface area contributed by atoms with Crippen molar-refractivity contribution in [1.29, 1.82) is 0 Å². The van der Waals surface area contributed by atoms with Gasteiger partial charge in [0.15, 0.2) is 0 Å². The molecule has 0 heterocycles. The zero-order chi connectivity index (χ0) is 10.3. The van der Waals surface area contributed by atoms with Crippen LogP contribution in [0.15, 0.2) is 0 Å². The van der Waals surface area contributed by atoms with Crippen molar-refractivity contribution in [2.45, 2.75) is 40.2 Å². The SMILES string of the molecule is C[CH]C(C)OC(=O)OCC(C)CC. The first-order valence-corrected chi connectivity index (χ1v) is 4.73. The predicted octanol–water partition coefficient (Wildman–Crippen LogP) is 2.80. The summed E-state index contributed by atoms with van der Waals surface area (Å²) in [6.07, 6.45) is 2.04. The van der Waals surface area contributed by atoms with Crippen LogP contribution in [0.2, 0.25) is 0 Å². The van der Waals surface area contributed by atoms with Crippen LogP contribution in [0.3, 0.4) is 0 Å². The number of hydrogen-bond donors (Lipinski definition) is 0. The number of carbonyl (C=O) groups excluding carboxylic acids is 1. The summed E-state index contributed by atoms with van der Waals surface area (Å²) in [5.74, 6) is 0.397. The topological polar surface area (TPSA) is 35.5 Å². The number of carbonyl (C=O) groups is 1. The third-order valence-electron chi connectivity index (χ3n) is 1.93. The fourth-order valence-electron chi connectivity index (χ4n) is 0.582. The highest BCUT2D eigenvalue weighted by molar-refractivity contribution is 5.60. The van der Waals surface area contributed by atoms with Crippen LogP contribution < -0.4 is 0 Å². The van der Waals surface area contributed by atoms with Crippen LogP contribution in [0, 0.1) is 12.3 Å². The molecule has 0 aromatic heterocycles. The average molecular weight is 187 g/mol. The second-order valence-electron chi connectivity index (χ2n) is 3.23. The molecular formula is C10H19O3. The first-order chi connectivity index (χ1) is 6.10. The molecule has 0 aliphatic carbocycles. The summed E-state index contributed by atoms with van der Waals surface area (Å²) in [4.78, 5) is 11.0. The minimum atomic E-state index is -0.578. The second kappa shape index (κ2) is 6.75. The zero-order valence-corrected chi connectivity index (χ0v) is 8.87. The van der Waals surface area contributed by atoms with E-state index in [4.69, 9.17) is 9.47 Å². The molecule has 0 fully saturated rings. The van der Waals surface area contributed by atoms with E-state index < -0.39 is 6.16 Å². The van der Waals surface area contributed by atoms with Crippen molar-refractivity contribution in [2.24, 2.45) is 5.92 Å². The lowest BCUT2D eigenvalue weighted by Crippen LogP contribution is -2.18. The molecule has 3 heteroatoms. The molecule has 0 aromatic rings. The van der Waals surface area contributed by atoms with E-state index in [1.807, 2.05) is 13.8 Å². The van der Waals surface area contributed by atoms with Crippen LogP contribution >= 0.6 is 0 Å². The van der Waals surface area contributed by atoms with Crippen LogP contribution in [-0.4, -0.2) is 18.9 Å². The Labute approximate surface area is 80.4 Å². The second-order valence-corrected chi connectivity index (χ2v) is 3.23. The van der Waals surface area contributed by atoms with E-state index in [0.717, 1.165) is 6.42 Å². The van der Waals surface area contributed by atoms with Gasteiger partial charge >= 0.3 is 6.16 Å². The van der Waals surface area contributed by atoms with E-state index in [9.17, 15) is 4.79 Å². The van der Waals surface area contributed by atoms with Gasteiger partial charge in [-0.1, -0.05) is 27.2 Å². The number of ether oxygens (including phenoxy) is 2. The van der Waals surface area contributed by atoms with Crippen molar-refractivity contribution < 1.29 is 14.3 Å². The Morgan fingerprint density at radius 1 is 1.46 bits per heavy atom. The first-order valence-electron chi connectivity index (χ1n) is 4.73. The highest BCUT2D eigenvalue weighted by Gasteiger charge is 2.10. The molecule has 0 saturated carbocycles. The highest BCUT2D eigenvalue weighted by atomic mass is 16.7. The summed E-state index contributed by atoms with van der Waals surface area (Å²) in [5, 5.41) is 0. The summed E-state index contributed by atoms with van der Waals surface area (Å²) < 4.78 is 9.76. The van der Waals surface area contributed by atoms with Gasteiger partial charge in [-0.05, 0) is 19.3 Å². The third kappa shape index (κ3) is 6.43. The van der Waals surface area contributed by atoms with Crippen molar-refractivity contribution in [3.8, 4) is 0 Å². The van der Waals surface area contributed by atoms with E-state index in [-0.39, 0.29) is 6.10 Å². The van der Waals surface area contributed by atoms with Crippen molar-refractivity contribution in [1.82, 2.24) is 0 Å². The van der Waals surface area contributed by atoms with Crippen molar-refractivity contribution >= 4 is 6.16 Å². The van der Waals surface area contributed by atoms with E-state index in [0.29, 0.717) is 12.5 Å². The van der Waals surface area contributed by atoms with Gasteiger partial charge in [0.2, 0.25) is 0 Å². The van der Waals surface area contributed by atoms with Gasteiger partial charge in [-0.2, -0.15) is 0 Å². The normalized spacial score (nSPS) is 14.8. The van der Waals surface area contributed by atoms with Gasteiger partial charge in [-0.15, -0.1) is 0 Å². The van der Waals surface area contributed by atoms with Crippen molar-refractivity contribution in [3.05, 3.63) is 6.42 Å². The Balaban J connectivity index is 3.51. The molecule has 0 aromatic carbocycles. The van der Waals surface area contributed by atoms with E-state index in [1.165, 1.54) is 0 Å². The lowest BCUT2D eigenvalue weighted by Gasteiger charge is -2.12. The van der Waals surface area contributed by atoms with Gasteiger partial charge < -0.3 is 9.47 Å². The Hall–Kier alpha value is -0.730. The molecule has 3 nitrogen and oxygen atoms in total. The molecule has 1 radical (unpaired) electrons. The predicted molar refractivity (Wildman–Crippen MR) is 51.3 cm³/mol. The minimum Gasteiger partial charge on any atom is -0.434 e. The molecular weight excluding hydrogens is 168 g/mol. The maximum atomic E-state index is 11.0. The molecule has 77 valence electrons. The molecule has 0 spiro atoms. The van der Waals surface area contributed by atoms with Gasteiger partial charge in [-0.3, -0.25) is 0 Å². The van der Waals surface area contributed by atoms with E-state index in [1.54, 1.807) is 13.3 Å². The molecule has 0 amide bonds. The highest BCUT2D eigenvalue weighted by Crippen LogP contribution is 2.03. The molecule has 2 atom stereocenters. The summed E-state index contributed by atoms with van der Waals surface area (Å²) in [6, 6.07) is 0. The Bertz CT molecular complexity index is 145. The standard InChI is InChI=1S/C10H19O3/c1-5-8(3)7-12-10(11)13-9(4)6-2/h6,8-9H,5,7H2,1-4H3. The molecule has 0 aliphatic heterocycles. The van der Waals surface area contributed by atoms with Crippen LogP contribution in [-0.2, 0) is 9.47 Å². The molecule has 0 N–H and O–H groups in total. The summed E-state index contributed by atoms with van der Waals surface area (Å²) in [7, 11) is 0. The van der Waals surface area contributed by atoms with Gasteiger partial charge in [0.05, 0.1) is 6.61 Å². The number of hydrogen-bond acceptors (Lipinski definition) is 3. The average Bonchev–Trinajstić information content (AvgIpc) is 2.13. The van der Waals surface area contributed by atoms with Crippen LogP contribution in [0.4, 0.5) is 4.79 Å². The Morgan fingerprint density at radius 2 is 2.08 bits per heavy atom. The van der Waals surface area contributed by atoms with E-state index in [2.05, 4.69) is 6.92 Å². The largest absolute Gasteiger partial charge is 0.508 e. The smallest absolute Gasteiger partial charge is 0.434 e. The molecule has 0 rings (SSSR count). The van der Waals surface area contributed by atoms with Gasteiger partial charge in [0.25, 0.3) is 0 Å². The molecule has 13 heavy (non-hydrogen) atoms. The van der Waals surface area contributed by atoms with Crippen LogP contribution in [0.1, 0.15) is 34.1 Å². The molecule has 0 saturated heterocycles. The molecule has 0 bridgehead atoms. The fraction of sp³-hybridized carbons (Fsp3) is 0.800. The lowest BCUT2D eigenvalue weighted by molar-refractivity contribution is 0.0298. The molecule has 0 aliphatic rings. The maximum Gasteiger partial charge on any atom is 0.508 e. The van der Waals surface area contributed by atoms with Gasteiger partial charge in [0, 0.05) is 0 Å². The first kappa shape index (κ1) is 12.3. The summed E-state index contributed by atoms with van der Waals surface area (Å²) in [6.45, 7) is 8.16. The summed E-state index contributed by atoms with van der Waals surface area (Å²) in [5.41, 5.74) is 0. The molecule has 2 unspecified atom stereocenters. The third-order valence-corrected chi connectivity index (χ3v) is 1.93. The quantitative estimate of drug-likeness (QED) is 0.621. The Kier molecular flexibility index (Phi) is 6.37. The van der Waals surface area contributed by atoms with Gasteiger partial charge in [0.1, 0.15) is 6.10 Å². The lowest BCUT2D eigenvalue weighted by atomic mass is 10.1. The van der Waals surface area contributed by atoms with E-state index >= 15 is 0 Å². The minimum absolute atomic E-state index is 0.176. The summed E-state index contributed by atoms with van der Waals surface area (Å²) >= 11 is 0. The monoisotopic (exact) mass is 187 g/mol. The number of rotatable bonds is 5. The van der Waals surface area contributed by atoms with Crippen molar-refractivity contribution in [2.75, 3.05) is 6.61 Å². The zero-order valence-electron chi connectivity index (χ0n) is 8.87. The maximum absolute atomic E-state index is 11.0. The van der Waals surface area contributed by atoms with Crippen LogP contribution in [0.5, 0.6) is 0 Å². The fourth-order valence-corrected chi connectivity index (χ4v) is 0.582. The van der Waals surface area contributed by atoms with Crippen LogP contribution in [0.25, 0.3) is 0 Å².